The van der Waals surface area contributed by atoms with Crippen LogP contribution in [0.2, 0.25) is 0 Å². The molecule has 5 heteroatoms. The lowest BCUT2D eigenvalue weighted by Crippen LogP contribution is -2.03. The van der Waals surface area contributed by atoms with Gasteiger partial charge >= 0.3 is 11.6 Å². The first kappa shape index (κ1) is 13.1. The summed E-state index contributed by atoms with van der Waals surface area (Å²) >= 11 is 0. The fraction of sp³-hybridized carbons (Fsp3) is 0.286. The Balaban J connectivity index is 2.28. The molecule has 1 N–H and O–H groups in total. The van der Waals surface area contributed by atoms with Gasteiger partial charge in [-0.15, -0.1) is 0 Å². The second-order valence-electron chi connectivity index (χ2n) is 4.20. The maximum absolute atomic E-state index is 11.4. The van der Waals surface area contributed by atoms with E-state index in [1.165, 1.54) is 19.2 Å². The average Bonchev–Trinajstić information content (AvgIpc) is 2.39. The van der Waals surface area contributed by atoms with Crippen LogP contribution in [0.5, 0.6) is 5.75 Å². The summed E-state index contributed by atoms with van der Waals surface area (Å²) in [6.45, 7) is 0. The first-order chi connectivity index (χ1) is 9.10. The van der Waals surface area contributed by atoms with Gasteiger partial charge < -0.3 is 14.3 Å². The Morgan fingerprint density at radius 2 is 2.16 bits per heavy atom. The number of methoxy groups -OCH3 is 1. The molecule has 2 rings (SSSR count). The third-order valence-corrected chi connectivity index (χ3v) is 2.87. The minimum Gasteiger partial charge on any atom is -0.508 e. The summed E-state index contributed by atoms with van der Waals surface area (Å²) in [5.41, 5.74) is 0.746. The van der Waals surface area contributed by atoms with E-state index in [0.29, 0.717) is 23.8 Å². The first-order valence-corrected chi connectivity index (χ1v) is 5.92. The van der Waals surface area contributed by atoms with Gasteiger partial charge in [0.2, 0.25) is 0 Å². The molecule has 0 aliphatic carbocycles. The maximum Gasteiger partial charge on any atom is 0.336 e. The van der Waals surface area contributed by atoms with Gasteiger partial charge in [0.15, 0.2) is 0 Å². The second-order valence-corrected chi connectivity index (χ2v) is 4.20. The van der Waals surface area contributed by atoms with E-state index in [4.69, 9.17) is 4.42 Å². The number of carbonyl (C=O) groups is 1. The zero-order valence-corrected chi connectivity index (χ0v) is 10.5. The molecule has 0 spiro atoms. The van der Waals surface area contributed by atoms with E-state index in [1.54, 1.807) is 12.1 Å². The van der Waals surface area contributed by atoms with Gasteiger partial charge in [-0.2, -0.15) is 0 Å². The highest BCUT2D eigenvalue weighted by Crippen LogP contribution is 2.23. The van der Waals surface area contributed by atoms with Gasteiger partial charge in [0.05, 0.1) is 7.11 Å². The van der Waals surface area contributed by atoms with Crippen LogP contribution in [0.3, 0.4) is 0 Å². The van der Waals surface area contributed by atoms with Crippen LogP contribution in [0.1, 0.15) is 18.4 Å². The number of esters is 1. The van der Waals surface area contributed by atoms with E-state index in [-0.39, 0.29) is 18.1 Å². The molecule has 0 radical (unpaired) electrons. The van der Waals surface area contributed by atoms with E-state index in [9.17, 15) is 14.7 Å². The van der Waals surface area contributed by atoms with Crippen LogP contribution >= 0.6 is 0 Å². The Bertz CT molecular complexity index is 656. The Hall–Kier alpha value is -2.30. The molecule has 1 heterocycles. The molecule has 0 saturated heterocycles. The lowest BCUT2D eigenvalue weighted by molar-refractivity contribution is -0.140. The van der Waals surface area contributed by atoms with Gasteiger partial charge in [-0.1, -0.05) is 0 Å². The summed E-state index contributed by atoms with van der Waals surface area (Å²) in [6.07, 6.45) is 1.40. The van der Waals surface area contributed by atoms with Crippen molar-refractivity contribution in [2.24, 2.45) is 0 Å². The van der Waals surface area contributed by atoms with Crippen LogP contribution in [-0.4, -0.2) is 18.2 Å². The summed E-state index contributed by atoms with van der Waals surface area (Å²) in [5.74, 6) is -0.175. The summed E-state index contributed by atoms with van der Waals surface area (Å²) in [6, 6.07) is 5.95. The Labute approximate surface area is 109 Å². The van der Waals surface area contributed by atoms with Crippen molar-refractivity contribution < 1.29 is 19.1 Å². The summed E-state index contributed by atoms with van der Waals surface area (Å²) in [7, 11) is 1.34. The molecule has 5 nitrogen and oxygen atoms in total. The predicted octanol–water partition coefficient (Wildman–Crippen LogP) is 1.99. The van der Waals surface area contributed by atoms with Crippen molar-refractivity contribution in [3.05, 3.63) is 40.2 Å². The van der Waals surface area contributed by atoms with Gasteiger partial charge in [-0.25, -0.2) is 4.79 Å². The van der Waals surface area contributed by atoms with Crippen molar-refractivity contribution >= 4 is 16.9 Å². The Kier molecular flexibility index (Phi) is 3.85. The van der Waals surface area contributed by atoms with Crippen molar-refractivity contribution in [3.63, 3.8) is 0 Å². The van der Waals surface area contributed by atoms with Crippen molar-refractivity contribution in [2.75, 3.05) is 7.11 Å². The maximum atomic E-state index is 11.4. The van der Waals surface area contributed by atoms with Gasteiger partial charge in [0.25, 0.3) is 0 Å². The summed E-state index contributed by atoms with van der Waals surface area (Å²) in [5, 5.41) is 10.2. The number of phenols is 1. The summed E-state index contributed by atoms with van der Waals surface area (Å²) < 4.78 is 9.61. The molecule has 1 aromatic carbocycles. The van der Waals surface area contributed by atoms with Crippen LogP contribution in [0.4, 0.5) is 0 Å². The number of carbonyl (C=O) groups excluding carboxylic acids is 1. The molecule has 0 atom stereocenters. The normalized spacial score (nSPS) is 10.6. The van der Waals surface area contributed by atoms with Crippen LogP contribution in [0, 0.1) is 0 Å². The van der Waals surface area contributed by atoms with Crippen LogP contribution < -0.4 is 5.63 Å². The third kappa shape index (κ3) is 3.13. The summed E-state index contributed by atoms with van der Waals surface area (Å²) in [4.78, 5) is 22.5. The number of ether oxygens (including phenoxy) is 1. The Morgan fingerprint density at radius 3 is 2.89 bits per heavy atom. The fourth-order valence-electron chi connectivity index (χ4n) is 1.95. The molecule has 100 valence electrons. The molecule has 0 aliphatic heterocycles. The molecular formula is C14H14O5. The molecule has 0 aliphatic rings. The van der Waals surface area contributed by atoms with Gasteiger partial charge in [-0.3, -0.25) is 4.79 Å². The zero-order chi connectivity index (χ0) is 13.8. The molecule has 0 saturated carbocycles. The number of rotatable bonds is 4. The van der Waals surface area contributed by atoms with E-state index in [1.807, 2.05) is 0 Å². The largest absolute Gasteiger partial charge is 0.508 e. The Morgan fingerprint density at radius 1 is 1.37 bits per heavy atom. The van der Waals surface area contributed by atoms with Gasteiger partial charge in [0.1, 0.15) is 11.3 Å². The van der Waals surface area contributed by atoms with Crippen molar-refractivity contribution in [1.29, 1.82) is 0 Å². The highest BCUT2D eigenvalue weighted by molar-refractivity contribution is 5.81. The van der Waals surface area contributed by atoms with Crippen LogP contribution in [-0.2, 0) is 16.0 Å². The standard InChI is InChI=1S/C14H14O5/c1-18-13(16)4-2-3-9-7-14(17)19-12-6-5-10(15)8-11(9)12/h5-8,15H,2-4H2,1H3. The van der Waals surface area contributed by atoms with Gasteiger partial charge in [0, 0.05) is 17.9 Å². The lowest BCUT2D eigenvalue weighted by Gasteiger charge is -2.05. The molecule has 0 unspecified atom stereocenters. The number of benzene rings is 1. The van der Waals surface area contributed by atoms with E-state index < -0.39 is 5.63 Å². The predicted molar refractivity (Wildman–Crippen MR) is 69.1 cm³/mol. The third-order valence-electron chi connectivity index (χ3n) is 2.87. The monoisotopic (exact) mass is 262 g/mol. The molecule has 0 bridgehead atoms. The topological polar surface area (TPSA) is 76.7 Å². The lowest BCUT2D eigenvalue weighted by atomic mass is 10.0. The molecule has 0 fully saturated rings. The highest BCUT2D eigenvalue weighted by Gasteiger charge is 2.08. The van der Waals surface area contributed by atoms with Crippen molar-refractivity contribution in [3.8, 4) is 5.75 Å². The number of aryl methyl sites for hydroxylation is 1. The minimum atomic E-state index is -0.439. The molecule has 19 heavy (non-hydrogen) atoms. The molecule has 1 aromatic heterocycles. The SMILES string of the molecule is COC(=O)CCCc1cc(=O)oc2ccc(O)cc12. The van der Waals surface area contributed by atoms with Crippen LogP contribution in [0.25, 0.3) is 11.0 Å². The van der Waals surface area contributed by atoms with Crippen LogP contribution in [0.15, 0.2) is 33.5 Å². The second kappa shape index (κ2) is 5.56. The number of hydrogen-bond acceptors (Lipinski definition) is 5. The molecule has 0 amide bonds. The van der Waals surface area contributed by atoms with Crippen molar-refractivity contribution in [1.82, 2.24) is 0 Å². The van der Waals surface area contributed by atoms with E-state index in [0.717, 1.165) is 5.56 Å². The minimum absolute atomic E-state index is 0.107. The fourth-order valence-corrected chi connectivity index (χ4v) is 1.95. The average molecular weight is 262 g/mol. The van der Waals surface area contributed by atoms with E-state index >= 15 is 0 Å². The van der Waals surface area contributed by atoms with E-state index in [2.05, 4.69) is 4.74 Å². The molecular weight excluding hydrogens is 248 g/mol. The number of fused-ring (bicyclic) bond motifs is 1. The smallest absolute Gasteiger partial charge is 0.336 e. The quantitative estimate of drug-likeness (QED) is 0.673. The number of aromatic hydroxyl groups is 1. The molecule has 2 aromatic rings. The number of hydrogen-bond donors (Lipinski definition) is 1. The first-order valence-electron chi connectivity index (χ1n) is 5.92. The number of phenolic OH excluding ortho intramolecular Hbond substituents is 1. The van der Waals surface area contributed by atoms with Crippen molar-refractivity contribution in [2.45, 2.75) is 19.3 Å². The van der Waals surface area contributed by atoms with Gasteiger partial charge in [-0.05, 0) is 36.6 Å². The highest BCUT2D eigenvalue weighted by atomic mass is 16.5. The zero-order valence-electron chi connectivity index (χ0n) is 10.5.